The average molecular weight is 477 g/mol. The van der Waals surface area contributed by atoms with Crippen molar-refractivity contribution in [3.05, 3.63) is 41.1 Å². The molecule has 1 aromatic carbocycles. The van der Waals surface area contributed by atoms with E-state index in [4.69, 9.17) is 9.26 Å². The standard InChI is InChI=1S/C21H24N4O5S2/c1-13-19(11-18(31-13)20-22-14(2)30-24-20)32(27,28)25-9-5-6-15(12-25)21(26)23-16-7-4-8-17(10-16)29-3/h4,7-8,10-11,15H,5-6,9,12H2,1-3H3,(H,23,26). The molecule has 0 saturated carbocycles. The summed E-state index contributed by atoms with van der Waals surface area (Å²) in [6, 6.07) is 8.66. The Morgan fingerprint density at radius 3 is 2.84 bits per heavy atom. The topological polar surface area (TPSA) is 115 Å². The van der Waals surface area contributed by atoms with Gasteiger partial charge in [-0.05, 0) is 38.0 Å². The smallest absolute Gasteiger partial charge is 0.244 e. The van der Waals surface area contributed by atoms with Crippen LogP contribution in [0.1, 0.15) is 23.6 Å². The lowest BCUT2D eigenvalue weighted by atomic mass is 9.98. The fraction of sp³-hybridized carbons (Fsp3) is 0.381. The monoisotopic (exact) mass is 476 g/mol. The number of thiophene rings is 1. The molecule has 3 aromatic rings. The first-order valence-electron chi connectivity index (χ1n) is 10.1. The van der Waals surface area contributed by atoms with Crippen LogP contribution in [0.2, 0.25) is 0 Å². The number of carbonyl (C=O) groups excluding carboxylic acids is 1. The van der Waals surface area contributed by atoms with Crippen LogP contribution in [0, 0.1) is 19.8 Å². The minimum Gasteiger partial charge on any atom is -0.497 e. The number of piperidine rings is 1. The lowest BCUT2D eigenvalue weighted by Gasteiger charge is -2.31. The van der Waals surface area contributed by atoms with Crippen molar-refractivity contribution in [1.82, 2.24) is 14.4 Å². The Morgan fingerprint density at radius 2 is 2.12 bits per heavy atom. The molecule has 32 heavy (non-hydrogen) atoms. The van der Waals surface area contributed by atoms with Gasteiger partial charge in [-0.15, -0.1) is 11.3 Å². The zero-order valence-electron chi connectivity index (χ0n) is 18.0. The molecule has 1 unspecified atom stereocenters. The Bertz CT molecular complexity index is 1230. The summed E-state index contributed by atoms with van der Waals surface area (Å²) in [5, 5.41) is 6.75. The van der Waals surface area contributed by atoms with Crippen molar-refractivity contribution < 1.29 is 22.5 Å². The number of aromatic nitrogens is 2. The first-order valence-corrected chi connectivity index (χ1v) is 12.4. The van der Waals surface area contributed by atoms with Crippen LogP contribution < -0.4 is 10.1 Å². The Kier molecular flexibility index (Phi) is 6.31. The van der Waals surface area contributed by atoms with Crippen LogP contribution in [-0.2, 0) is 14.8 Å². The summed E-state index contributed by atoms with van der Waals surface area (Å²) in [6.45, 7) is 3.94. The van der Waals surface area contributed by atoms with Crippen molar-refractivity contribution in [3.63, 3.8) is 0 Å². The number of ether oxygens (including phenoxy) is 1. The predicted molar refractivity (Wildman–Crippen MR) is 120 cm³/mol. The van der Waals surface area contributed by atoms with Crippen molar-refractivity contribution >= 4 is 33.0 Å². The molecule has 0 radical (unpaired) electrons. The van der Waals surface area contributed by atoms with Crippen LogP contribution >= 0.6 is 11.3 Å². The molecule has 170 valence electrons. The maximum Gasteiger partial charge on any atom is 0.244 e. The molecule has 11 heteroatoms. The van der Waals surface area contributed by atoms with E-state index in [1.54, 1.807) is 51.3 Å². The number of hydrogen-bond donors (Lipinski definition) is 1. The highest BCUT2D eigenvalue weighted by atomic mass is 32.2. The number of sulfonamides is 1. The highest BCUT2D eigenvalue weighted by Crippen LogP contribution is 2.35. The largest absolute Gasteiger partial charge is 0.497 e. The number of aryl methyl sites for hydroxylation is 2. The molecule has 1 amide bonds. The second-order valence-electron chi connectivity index (χ2n) is 7.59. The van der Waals surface area contributed by atoms with Gasteiger partial charge in [0, 0.05) is 36.6 Å². The Hall–Kier alpha value is -2.76. The van der Waals surface area contributed by atoms with Gasteiger partial charge >= 0.3 is 0 Å². The van der Waals surface area contributed by atoms with Gasteiger partial charge in [-0.25, -0.2) is 8.42 Å². The van der Waals surface area contributed by atoms with Crippen LogP contribution in [0.15, 0.2) is 39.8 Å². The van der Waals surface area contributed by atoms with Gasteiger partial charge in [-0.2, -0.15) is 9.29 Å². The van der Waals surface area contributed by atoms with E-state index in [1.165, 1.54) is 15.6 Å². The minimum atomic E-state index is -3.77. The fourth-order valence-electron chi connectivity index (χ4n) is 3.69. The molecule has 1 N–H and O–H groups in total. The van der Waals surface area contributed by atoms with Crippen molar-refractivity contribution in [3.8, 4) is 16.5 Å². The number of rotatable bonds is 6. The van der Waals surface area contributed by atoms with Gasteiger partial charge in [0.25, 0.3) is 0 Å². The summed E-state index contributed by atoms with van der Waals surface area (Å²) in [7, 11) is -2.21. The van der Waals surface area contributed by atoms with E-state index >= 15 is 0 Å². The van der Waals surface area contributed by atoms with E-state index in [2.05, 4.69) is 15.5 Å². The number of benzene rings is 1. The summed E-state index contributed by atoms with van der Waals surface area (Å²) in [5.41, 5.74) is 0.614. The van der Waals surface area contributed by atoms with Crippen molar-refractivity contribution in [2.45, 2.75) is 31.6 Å². The molecule has 4 rings (SSSR count). The van der Waals surface area contributed by atoms with Gasteiger partial charge in [0.05, 0.1) is 22.8 Å². The number of nitrogens with one attached hydrogen (secondary N) is 1. The molecule has 1 fully saturated rings. The molecule has 0 aliphatic carbocycles. The van der Waals surface area contributed by atoms with Crippen LogP contribution in [-0.4, -0.2) is 49.0 Å². The molecular weight excluding hydrogens is 452 g/mol. The number of hydrogen-bond acceptors (Lipinski definition) is 8. The first-order chi connectivity index (χ1) is 15.3. The summed E-state index contributed by atoms with van der Waals surface area (Å²) in [6.07, 6.45) is 1.23. The average Bonchev–Trinajstić information content (AvgIpc) is 3.39. The van der Waals surface area contributed by atoms with Gasteiger partial charge in [-0.3, -0.25) is 4.79 Å². The molecule has 9 nitrogen and oxygen atoms in total. The van der Waals surface area contributed by atoms with E-state index in [-0.39, 0.29) is 17.3 Å². The predicted octanol–water partition coefficient (Wildman–Crippen LogP) is 3.46. The summed E-state index contributed by atoms with van der Waals surface area (Å²) in [4.78, 5) is 18.5. The van der Waals surface area contributed by atoms with E-state index in [1.807, 2.05) is 0 Å². The molecule has 3 heterocycles. The fourth-order valence-corrected chi connectivity index (χ4v) is 6.70. The van der Waals surface area contributed by atoms with Crippen LogP contribution in [0.5, 0.6) is 5.75 Å². The maximum absolute atomic E-state index is 13.4. The second kappa shape index (κ2) is 9.00. The Labute approximate surface area is 190 Å². The summed E-state index contributed by atoms with van der Waals surface area (Å²) < 4.78 is 38.4. The van der Waals surface area contributed by atoms with E-state index in [0.29, 0.717) is 52.3 Å². The van der Waals surface area contributed by atoms with Gasteiger partial charge in [0.2, 0.25) is 27.6 Å². The quantitative estimate of drug-likeness (QED) is 0.579. The van der Waals surface area contributed by atoms with Crippen molar-refractivity contribution in [2.24, 2.45) is 5.92 Å². The second-order valence-corrected chi connectivity index (χ2v) is 10.8. The molecule has 1 saturated heterocycles. The Balaban J connectivity index is 1.51. The third-order valence-electron chi connectivity index (χ3n) is 5.33. The third kappa shape index (κ3) is 4.54. The zero-order valence-corrected chi connectivity index (χ0v) is 19.6. The SMILES string of the molecule is COc1cccc(NC(=O)C2CCCN(S(=O)(=O)c3cc(-c4noc(C)n4)sc3C)C2)c1. The van der Waals surface area contributed by atoms with Crippen LogP contribution in [0.25, 0.3) is 10.7 Å². The Morgan fingerprint density at radius 1 is 1.31 bits per heavy atom. The number of nitrogens with zero attached hydrogens (tertiary/aromatic N) is 3. The molecular formula is C21H24N4O5S2. The number of anilines is 1. The zero-order chi connectivity index (χ0) is 22.9. The summed E-state index contributed by atoms with van der Waals surface area (Å²) >= 11 is 1.30. The van der Waals surface area contributed by atoms with Crippen molar-refractivity contribution in [2.75, 3.05) is 25.5 Å². The van der Waals surface area contributed by atoms with E-state index in [0.717, 1.165) is 0 Å². The molecule has 0 spiro atoms. The number of amides is 1. The normalized spacial score (nSPS) is 17.3. The van der Waals surface area contributed by atoms with E-state index < -0.39 is 15.9 Å². The van der Waals surface area contributed by atoms with Gasteiger partial charge < -0.3 is 14.6 Å². The molecule has 0 bridgehead atoms. The molecule has 1 atom stereocenters. The van der Waals surface area contributed by atoms with Crippen molar-refractivity contribution in [1.29, 1.82) is 0 Å². The van der Waals surface area contributed by atoms with E-state index in [9.17, 15) is 13.2 Å². The van der Waals surface area contributed by atoms with Crippen LogP contribution in [0.3, 0.4) is 0 Å². The van der Waals surface area contributed by atoms with Crippen LogP contribution in [0.4, 0.5) is 5.69 Å². The number of carbonyl (C=O) groups is 1. The lowest BCUT2D eigenvalue weighted by Crippen LogP contribution is -2.43. The first kappa shape index (κ1) is 22.4. The highest BCUT2D eigenvalue weighted by molar-refractivity contribution is 7.89. The van der Waals surface area contributed by atoms with Gasteiger partial charge in [-0.1, -0.05) is 11.2 Å². The number of methoxy groups -OCH3 is 1. The maximum atomic E-state index is 13.4. The third-order valence-corrected chi connectivity index (χ3v) is 8.50. The van der Waals surface area contributed by atoms with Gasteiger partial charge in [0.1, 0.15) is 5.75 Å². The molecule has 1 aliphatic rings. The lowest BCUT2D eigenvalue weighted by molar-refractivity contribution is -0.120. The molecule has 1 aliphatic heterocycles. The summed E-state index contributed by atoms with van der Waals surface area (Å²) in [5.74, 6) is 0.768. The van der Waals surface area contributed by atoms with Gasteiger partial charge in [0.15, 0.2) is 0 Å². The highest BCUT2D eigenvalue weighted by Gasteiger charge is 2.35. The molecule has 2 aromatic heterocycles. The minimum absolute atomic E-state index is 0.129.